The summed E-state index contributed by atoms with van der Waals surface area (Å²) in [5, 5.41) is 18.1. The van der Waals surface area contributed by atoms with Gasteiger partial charge in [-0.1, -0.05) is 37.4 Å². The first-order chi connectivity index (χ1) is 9.88. The Bertz CT molecular complexity index is 488. The van der Waals surface area contributed by atoms with Gasteiger partial charge in [-0.05, 0) is 33.1 Å². The molecule has 1 aromatic heterocycles. The molecule has 0 spiro atoms. The Morgan fingerprint density at radius 1 is 1.33 bits per heavy atom. The van der Waals surface area contributed by atoms with Crippen molar-refractivity contribution in [3.8, 4) is 0 Å². The molecule has 1 aliphatic rings. The molecule has 0 aliphatic heterocycles. The SMILES string of the molecule is CC(C)(C)n1c(CCC2CCCC2)nnc1SCC(=O)O. The Kier molecular flexibility index (Phi) is 5.30. The molecule has 0 aromatic carbocycles. The lowest BCUT2D eigenvalue weighted by Gasteiger charge is -2.25. The van der Waals surface area contributed by atoms with Gasteiger partial charge in [-0.3, -0.25) is 4.79 Å². The fourth-order valence-electron chi connectivity index (χ4n) is 2.99. The van der Waals surface area contributed by atoms with E-state index in [-0.39, 0.29) is 11.3 Å². The van der Waals surface area contributed by atoms with Gasteiger partial charge in [0.25, 0.3) is 0 Å². The first-order valence-corrected chi connectivity index (χ1v) is 8.66. The van der Waals surface area contributed by atoms with Crippen LogP contribution in [0, 0.1) is 5.92 Å². The maximum absolute atomic E-state index is 10.8. The van der Waals surface area contributed by atoms with E-state index in [0.717, 1.165) is 24.6 Å². The van der Waals surface area contributed by atoms with E-state index >= 15 is 0 Å². The molecule has 6 heteroatoms. The minimum Gasteiger partial charge on any atom is -0.481 e. The van der Waals surface area contributed by atoms with Gasteiger partial charge in [0.1, 0.15) is 5.82 Å². The number of carboxylic acids is 1. The van der Waals surface area contributed by atoms with Crippen LogP contribution in [0.25, 0.3) is 0 Å². The van der Waals surface area contributed by atoms with Crippen LogP contribution in [0.1, 0.15) is 58.7 Å². The van der Waals surface area contributed by atoms with Gasteiger partial charge in [0.05, 0.1) is 5.75 Å². The fourth-order valence-corrected chi connectivity index (χ4v) is 3.85. The Labute approximate surface area is 130 Å². The van der Waals surface area contributed by atoms with E-state index in [1.807, 2.05) is 0 Å². The van der Waals surface area contributed by atoms with Crippen molar-refractivity contribution in [1.82, 2.24) is 14.8 Å². The largest absolute Gasteiger partial charge is 0.481 e. The molecule has 1 heterocycles. The number of hydrogen-bond donors (Lipinski definition) is 1. The van der Waals surface area contributed by atoms with Gasteiger partial charge < -0.3 is 9.67 Å². The molecule has 0 atom stereocenters. The van der Waals surface area contributed by atoms with E-state index in [2.05, 4.69) is 35.5 Å². The molecular formula is C15H25N3O2S. The lowest BCUT2D eigenvalue weighted by atomic mass is 10.0. The van der Waals surface area contributed by atoms with E-state index in [0.29, 0.717) is 5.16 Å². The normalized spacial score (nSPS) is 16.5. The number of aromatic nitrogens is 3. The molecule has 1 saturated carbocycles. The van der Waals surface area contributed by atoms with Crippen molar-refractivity contribution in [3.05, 3.63) is 5.82 Å². The predicted molar refractivity (Wildman–Crippen MR) is 83.7 cm³/mol. The van der Waals surface area contributed by atoms with Gasteiger partial charge in [0.15, 0.2) is 5.16 Å². The third-order valence-corrected chi connectivity index (χ3v) is 4.86. The zero-order valence-electron chi connectivity index (χ0n) is 13.1. The summed E-state index contributed by atoms with van der Waals surface area (Å²) in [5.74, 6) is 1.01. The second-order valence-electron chi connectivity index (χ2n) is 6.78. The van der Waals surface area contributed by atoms with Crippen molar-refractivity contribution in [2.24, 2.45) is 5.92 Å². The number of hydrogen-bond acceptors (Lipinski definition) is 4. The second kappa shape index (κ2) is 6.81. The summed E-state index contributed by atoms with van der Waals surface area (Å²) in [6, 6.07) is 0. The molecule has 21 heavy (non-hydrogen) atoms. The summed E-state index contributed by atoms with van der Waals surface area (Å²) in [7, 11) is 0. The maximum Gasteiger partial charge on any atom is 0.313 e. The molecule has 2 rings (SSSR count). The van der Waals surface area contributed by atoms with Crippen molar-refractivity contribution in [2.75, 3.05) is 5.75 Å². The lowest BCUT2D eigenvalue weighted by Crippen LogP contribution is -2.25. The zero-order valence-corrected chi connectivity index (χ0v) is 13.9. The van der Waals surface area contributed by atoms with Gasteiger partial charge >= 0.3 is 5.97 Å². The van der Waals surface area contributed by atoms with E-state index in [1.54, 1.807) is 0 Å². The molecule has 0 amide bonds. The van der Waals surface area contributed by atoms with Crippen molar-refractivity contribution in [2.45, 2.75) is 70.0 Å². The molecule has 5 nitrogen and oxygen atoms in total. The van der Waals surface area contributed by atoms with Crippen LogP contribution in [0.5, 0.6) is 0 Å². The van der Waals surface area contributed by atoms with Gasteiger partial charge in [-0.2, -0.15) is 0 Å². The monoisotopic (exact) mass is 311 g/mol. The third kappa shape index (κ3) is 4.46. The lowest BCUT2D eigenvalue weighted by molar-refractivity contribution is -0.133. The topological polar surface area (TPSA) is 68.0 Å². The second-order valence-corrected chi connectivity index (χ2v) is 7.72. The number of carboxylic acid groups (broad SMARTS) is 1. The molecule has 0 radical (unpaired) electrons. The standard InChI is InChI=1S/C15H25N3O2S/c1-15(2,3)18-12(9-8-11-6-4-5-7-11)16-17-14(18)21-10-13(19)20/h11H,4-10H2,1-3H3,(H,19,20). The fraction of sp³-hybridized carbons (Fsp3) is 0.800. The molecule has 1 N–H and O–H groups in total. The first-order valence-electron chi connectivity index (χ1n) is 7.67. The van der Waals surface area contributed by atoms with Crippen molar-refractivity contribution in [1.29, 1.82) is 0 Å². The van der Waals surface area contributed by atoms with Crippen molar-refractivity contribution in [3.63, 3.8) is 0 Å². The summed E-state index contributed by atoms with van der Waals surface area (Å²) in [6.07, 6.45) is 7.49. The highest BCUT2D eigenvalue weighted by molar-refractivity contribution is 7.99. The van der Waals surface area contributed by atoms with E-state index < -0.39 is 5.97 Å². The molecule has 118 valence electrons. The molecule has 1 fully saturated rings. The number of carbonyl (C=O) groups is 1. The summed E-state index contributed by atoms with van der Waals surface area (Å²) < 4.78 is 2.11. The van der Waals surface area contributed by atoms with E-state index in [9.17, 15) is 4.79 Å². The van der Waals surface area contributed by atoms with E-state index in [1.165, 1.54) is 37.4 Å². The van der Waals surface area contributed by atoms with Crippen LogP contribution in [-0.2, 0) is 16.8 Å². The smallest absolute Gasteiger partial charge is 0.313 e. The molecular weight excluding hydrogens is 286 g/mol. The molecule has 1 aliphatic carbocycles. The Morgan fingerprint density at radius 3 is 2.57 bits per heavy atom. The van der Waals surface area contributed by atoms with Crippen LogP contribution in [0.15, 0.2) is 5.16 Å². The maximum atomic E-state index is 10.8. The zero-order chi connectivity index (χ0) is 15.5. The minimum atomic E-state index is -0.823. The van der Waals surface area contributed by atoms with Crippen LogP contribution in [0.4, 0.5) is 0 Å². The Balaban J connectivity index is 2.10. The highest BCUT2D eigenvalue weighted by Crippen LogP contribution is 2.30. The molecule has 1 aromatic rings. The molecule has 0 saturated heterocycles. The molecule has 0 bridgehead atoms. The highest BCUT2D eigenvalue weighted by atomic mass is 32.2. The highest BCUT2D eigenvalue weighted by Gasteiger charge is 2.24. The Hall–Kier alpha value is -1.04. The number of thioether (sulfide) groups is 1. The van der Waals surface area contributed by atoms with Gasteiger partial charge in [-0.15, -0.1) is 10.2 Å². The van der Waals surface area contributed by atoms with Gasteiger partial charge in [0, 0.05) is 12.0 Å². The predicted octanol–water partition coefficient (Wildman–Crippen LogP) is 3.33. The summed E-state index contributed by atoms with van der Waals surface area (Å²) >= 11 is 1.25. The van der Waals surface area contributed by atoms with Gasteiger partial charge in [-0.25, -0.2) is 0 Å². The quantitative estimate of drug-likeness (QED) is 0.816. The summed E-state index contributed by atoms with van der Waals surface area (Å²) in [5.41, 5.74) is -0.130. The van der Waals surface area contributed by atoms with Gasteiger partial charge in [0.2, 0.25) is 0 Å². The minimum absolute atomic E-state index is 0.0246. The van der Waals surface area contributed by atoms with Crippen LogP contribution in [0.3, 0.4) is 0 Å². The van der Waals surface area contributed by atoms with E-state index in [4.69, 9.17) is 5.11 Å². The van der Waals surface area contributed by atoms with Crippen LogP contribution in [0.2, 0.25) is 0 Å². The van der Waals surface area contributed by atoms with Crippen LogP contribution >= 0.6 is 11.8 Å². The molecule has 0 unspecified atom stereocenters. The third-order valence-electron chi connectivity index (χ3n) is 3.95. The average molecular weight is 311 g/mol. The summed E-state index contributed by atoms with van der Waals surface area (Å²) in [4.78, 5) is 10.8. The summed E-state index contributed by atoms with van der Waals surface area (Å²) in [6.45, 7) is 6.33. The average Bonchev–Trinajstić information content (AvgIpc) is 3.02. The first kappa shape index (κ1) is 16.3. The van der Waals surface area contributed by atoms with Crippen LogP contribution in [-0.4, -0.2) is 31.6 Å². The number of aliphatic carboxylic acids is 1. The van der Waals surface area contributed by atoms with Crippen molar-refractivity contribution >= 4 is 17.7 Å². The number of aryl methyl sites for hydroxylation is 1. The number of rotatable bonds is 6. The Morgan fingerprint density at radius 2 is 2.00 bits per heavy atom. The number of nitrogens with zero attached hydrogens (tertiary/aromatic N) is 3. The van der Waals surface area contributed by atoms with Crippen LogP contribution < -0.4 is 0 Å². The van der Waals surface area contributed by atoms with Crippen molar-refractivity contribution < 1.29 is 9.90 Å².